The second-order valence-corrected chi connectivity index (χ2v) is 5.06. The number of aryl methyl sites for hydroxylation is 1. The highest BCUT2D eigenvalue weighted by Gasteiger charge is 2.34. The van der Waals surface area contributed by atoms with Crippen LogP contribution in [0.3, 0.4) is 0 Å². The molecule has 0 spiro atoms. The number of imidazole rings is 1. The van der Waals surface area contributed by atoms with E-state index in [1.165, 1.54) is 12.1 Å². The molecule has 1 heterocycles. The van der Waals surface area contributed by atoms with Gasteiger partial charge in [-0.1, -0.05) is 12.1 Å². The number of hydrogen-bond acceptors (Lipinski definition) is 2. The highest BCUT2D eigenvalue weighted by Crippen LogP contribution is 2.32. The van der Waals surface area contributed by atoms with Crippen molar-refractivity contribution in [1.82, 2.24) is 9.55 Å². The molecule has 0 aliphatic carbocycles. The molecule has 0 aliphatic rings. The first-order valence-corrected chi connectivity index (χ1v) is 6.75. The summed E-state index contributed by atoms with van der Waals surface area (Å²) in [5.41, 5.74) is 0.517. The van der Waals surface area contributed by atoms with Crippen LogP contribution in [-0.2, 0) is 13.2 Å². The molecule has 0 radical (unpaired) electrons. The van der Waals surface area contributed by atoms with Gasteiger partial charge in [-0.2, -0.15) is 13.2 Å². The van der Waals surface area contributed by atoms with Gasteiger partial charge in [-0.25, -0.2) is 4.98 Å². The minimum atomic E-state index is -4.58. The maximum Gasteiger partial charge on any atom is 0.417 e. The highest BCUT2D eigenvalue weighted by atomic mass is 19.4. The second-order valence-electron chi connectivity index (χ2n) is 5.06. The van der Waals surface area contributed by atoms with Crippen molar-refractivity contribution < 1.29 is 18.0 Å². The average molecular weight is 319 g/mol. The van der Waals surface area contributed by atoms with Crippen molar-refractivity contribution in [3.05, 3.63) is 59.9 Å². The lowest BCUT2D eigenvalue weighted by molar-refractivity contribution is -0.137. The van der Waals surface area contributed by atoms with E-state index in [4.69, 9.17) is 0 Å². The van der Waals surface area contributed by atoms with Gasteiger partial charge in [0.25, 0.3) is 5.91 Å². The molecule has 3 rings (SSSR count). The van der Waals surface area contributed by atoms with Crippen molar-refractivity contribution in [3.8, 4) is 0 Å². The summed E-state index contributed by atoms with van der Waals surface area (Å²) in [6.07, 6.45) is -2.96. The Balaban J connectivity index is 1.92. The summed E-state index contributed by atoms with van der Waals surface area (Å²) in [4.78, 5) is 16.3. The van der Waals surface area contributed by atoms with E-state index >= 15 is 0 Å². The van der Waals surface area contributed by atoms with Crippen LogP contribution in [0.15, 0.2) is 48.8 Å². The van der Waals surface area contributed by atoms with Crippen LogP contribution in [0.25, 0.3) is 11.0 Å². The molecule has 23 heavy (non-hydrogen) atoms. The zero-order chi connectivity index (χ0) is 16.6. The predicted molar refractivity (Wildman–Crippen MR) is 80.1 cm³/mol. The number of fused-ring (bicyclic) bond motifs is 1. The molecular formula is C16H12F3N3O. The largest absolute Gasteiger partial charge is 0.417 e. The van der Waals surface area contributed by atoms with Crippen molar-refractivity contribution in [2.75, 3.05) is 5.32 Å². The van der Waals surface area contributed by atoms with Gasteiger partial charge in [0.1, 0.15) is 0 Å². The van der Waals surface area contributed by atoms with Crippen LogP contribution in [0, 0.1) is 0 Å². The molecule has 1 aromatic heterocycles. The summed E-state index contributed by atoms with van der Waals surface area (Å²) in [6, 6.07) is 9.66. The van der Waals surface area contributed by atoms with E-state index in [-0.39, 0.29) is 0 Å². The fourth-order valence-corrected chi connectivity index (χ4v) is 2.34. The summed E-state index contributed by atoms with van der Waals surface area (Å²) in [7, 11) is 1.83. The second kappa shape index (κ2) is 5.42. The molecule has 0 unspecified atom stereocenters. The van der Waals surface area contributed by atoms with Crippen molar-refractivity contribution >= 4 is 22.6 Å². The Bertz CT molecular complexity index is 884. The molecule has 0 saturated heterocycles. The molecule has 1 N–H and O–H groups in total. The fraction of sp³-hybridized carbons (Fsp3) is 0.125. The molecule has 0 aliphatic heterocycles. The van der Waals surface area contributed by atoms with Gasteiger partial charge in [0, 0.05) is 12.7 Å². The Hall–Kier alpha value is -2.83. The smallest absolute Gasteiger partial charge is 0.334 e. The minimum Gasteiger partial charge on any atom is -0.334 e. The molecule has 7 heteroatoms. The van der Waals surface area contributed by atoms with E-state index in [1.54, 1.807) is 29.1 Å². The maximum absolute atomic E-state index is 13.0. The number of carbonyl (C=O) groups excluding carboxylic acids is 1. The number of aromatic nitrogens is 2. The lowest BCUT2D eigenvalue weighted by Crippen LogP contribution is -2.18. The summed E-state index contributed by atoms with van der Waals surface area (Å²) in [6.45, 7) is 0. The van der Waals surface area contributed by atoms with Crippen molar-refractivity contribution in [1.29, 1.82) is 0 Å². The first-order valence-electron chi connectivity index (χ1n) is 6.75. The Morgan fingerprint density at radius 3 is 2.65 bits per heavy atom. The van der Waals surface area contributed by atoms with E-state index in [2.05, 4.69) is 10.3 Å². The van der Waals surface area contributed by atoms with Crippen LogP contribution in [0.2, 0.25) is 0 Å². The van der Waals surface area contributed by atoms with Crippen LogP contribution in [0.5, 0.6) is 0 Å². The number of benzene rings is 2. The van der Waals surface area contributed by atoms with Gasteiger partial charge >= 0.3 is 6.18 Å². The monoisotopic (exact) mass is 319 g/mol. The topological polar surface area (TPSA) is 46.9 Å². The molecule has 0 saturated carbocycles. The highest BCUT2D eigenvalue weighted by molar-refractivity contribution is 6.06. The van der Waals surface area contributed by atoms with Gasteiger partial charge in [-0.15, -0.1) is 0 Å². The van der Waals surface area contributed by atoms with Gasteiger partial charge in [0.2, 0.25) is 0 Å². The normalized spacial score (nSPS) is 11.7. The Labute approximate surface area is 129 Å². The lowest BCUT2D eigenvalue weighted by Gasteiger charge is -2.12. The minimum absolute atomic E-state index is 0.387. The van der Waals surface area contributed by atoms with Crippen LogP contribution in [0.4, 0.5) is 18.9 Å². The van der Waals surface area contributed by atoms with Gasteiger partial charge < -0.3 is 9.88 Å². The van der Waals surface area contributed by atoms with Crippen LogP contribution in [-0.4, -0.2) is 15.5 Å². The number of rotatable bonds is 2. The van der Waals surface area contributed by atoms with Gasteiger partial charge in [0.15, 0.2) is 0 Å². The van der Waals surface area contributed by atoms with Crippen LogP contribution >= 0.6 is 0 Å². The number of nitrogens with zero attached hydrogens (tertiary/aromatic N) is 2. The quantitative estimate of drug-likeness (QED) is 0.780. The van der Waals surface area contributed by atoms with Crippen molar-refractivity contribution in [2.24, 2.45) is 7.05 Å². The van der Waals surface area contributed by atoms with Gasteiger partial charge in [-0.05, 0) is 30.3 Å². The van der Waals surface area contributed by atoms with E-state index < -0.39 is 23.2 Å². The molecule has 0 bridgehead atoms. The Morgan fingerprint density at radius 1 is 1.17 bits per heavy atom. The predicted octanol–water partition coefficient (Wildman–Crippen LogP) is 3.84. The number of anilines is 1. The number of hydrogen-bond donors (Lipinski definition) is 1. The average Bonchev–Trinajstić information content (AvgIpc) is 2.87. The first-order chi connectivity index (χ1) is 10.9. The third-order valence-electron chi connectivity index (χ3n) is 3.46. The van der Waals surface area contributed by atoms with Gasteiger partial charge in [-0.3, -0.25) is 4.79 Å². The van der Waals surface area contributed by atoms with Crippen LogP contribution in [0.1, 0.15) is 15.9 Å². The van der Waals surface area contributed by atoms with E-state index in [1.807, 2.05) is 7.05 Å². The molecule has 2 aromatic carbocycles. The molecule has 4 nitrogen and oxygen atoms in total. The number of halogens is 3. The standard InChI is InChI=1S/C16H12F3N3O/c1-22-9-20-13-8-10(6-7-14(13)22)21-15(23)11-4-2-3-5-12(11)16(17,18)19/h2-9H,1H3,(H,21,23). The summed E-state index contributed by atoms with van der Waals surface area (Å²) < 4.78 is 40.7. The summed E-state index contributed by atoms with van der Waals surface area (Å²) in [5.74, 6) is -0.812. The molecular weight excluding hydrogens is 307 g/mol. The number of alkyl halides is 3. The van der Waals surface area contributed by atoms with Crippen molar-refractivity contribution in [2.45, 2.75) is 6.18 Å². The zero-order valence-corrected chi connectivity index (χ0v) is 12.1. The third-order valence-corrected chi connectivity index (χ3v) is 3.46. The SMILES string of the molecule is Cn1cnc2cc(NC(=O)c3ccccc3C(F)(F)F)ccc21. The molecule has 0 atom stereocenters. The Morgan fingerprint density at radius 2 is 1.91 bits per heavy atom. The van der Waals surface area contributed by atoms with E-state index in [9.17, 15) is 18.0 Å². The van der Waals surface area contributed by atoms with E-state index in [0.717, 1.165) is 17.6 Å². The molecule has 118 valence electrons. The zero-order valence-electron chi connectivity index (χ0n) is 12.1. The molecule has 1 amide bonds. The molecule has 0 fully saturated rings. The first kappa shape index (κ1) is 15.1. The van der Waals surface area contributed by atoms with Crippen molar-refractivity contribution in [3.63, 3.8) is 0 Å². The Kier molecular flexibility index (Phi) is 3.55. The van der Waals surface area contributed by atoms with E-state index in [0.29, 0.717) is 11.2 Å². The number of amides is 1. The fourth-order valence-electron chi connectivity index (χ4n) is 2.34. The van der Waals surface area contributed by atoms with Gasteiger partial charge in [0.05, 0.1) is 28.5 Å². The summed E-state index contributed by atoms with van der Waals surface area (Å²) in [5, 5.41) is 2.48. The number of carbonyl (C=O) groups is 1. The van der Waals surface area contributed by atoms with Crippen LogP contribution < -0.4 is 5.32 Å². The third kappa shape index (κ3) is 2.90. The lowest BCUT2D eigenvalue weighted by atomic mass is 10.1. The summed E-state index contributed by atoms with van der Waals surface area (Å²) >= 11 is 0. The number of nitrogens with one attached hydrogen (secondary N) is 1. The molecule has 3 aromatic rings. The maximum atomic E-state index is 13.0.